The van der Waals surface area contributed by atoms with E-state index in [-0.39, 0.29) is 5.75 Å². The molecule has 0 aliphatic rings. The predicted molar refractivity (Wildman–Crippen MR) is 102 cm³/mol. The van der Waals surface area contributed by atoms with Gasteiger partial charge in [-0.3, -0.25) is 0 Å². The molecule has 0 saturated carbocycles. The average molecular weight is 332 g/mol. The third kappa shape index (κ3) is 4.66. The molecule has 0 amide bonds. The summed E-state index contributed by atoms with van der Waals surface area (Å²) in [5, 5.41) is 9.37. The summed E-state index contributed by atoms with van der Waals surface area (Å²) in [7, 11) is 0. The Morgan fingerprint density at radius 3 is 2.00 bits per heavy atom. The fraction of sp³-hybridized carbons (Fsp3) is 0.273. The summed E-state index contributed by atoms with van der Waals surface area (Å²) >= 11 is 0. The van der Waals surface area contributed by atoms with E-state index in [1.807, 2.05) is 24.5 Å². The van der Waals surface area contributed by atoms with Crippen LogP contribution in [0.25, 0.3) is 22.5 Å². The number of rotatable bonds is 7. The van der Waals surface area contributed by atoms with Gasteiger partial charge in [0.25, 0.3) is 0 Å². The summed E-state index contributed by atoms with van der Waals surface area (Å²) in [6, 6.07) is 15.6. The maximum atomic E-state index is 9.37. The second kappa shape index (κ2) is 8.43. The molecule has 1 heterocycles. The monoisotopic (exact) mass is 332 g/mol. The van der Waals surface area contributed by atoms with Gasteiger partial charge in [-0.2, -0.15) is 0 Å². The highest BCUT2D eigenvalue weighted by atomic mass is 16.3. The first-order valence-corrected chi connectivity index (χ1v) is 8.97. The van der Waals surface area contributed by atoms with Crippen molar-refractivity contribution in [2.24, 2.45) is 0 Å². The average Bonchev–Trinajstić information content (AvgIpc) is 2.67. The van der Waals surface area contributed by atoms with Crippen LogP contribution < -0.4 is 0 Å². The van der Waals surface area contributed by atoms with Crippen LogP contribution in [0.4, 0.5) is 0 Å². The van der Waals surface area contributed by atoms with Gasteiger partial charge >= 0.3 is 0 Å². The topological polar surface area (TPSA) is 46.0 Å². The van der Waals surface area contributed by atoms with Gasteiger partial charge in [-0.05, 0) is 36.1 Å². The zero-order chi connectivity index (χ0) is 17.5. The Labute approximate surface area is 149 Å². The van der Waals surface area contributed by atoms with Crippen molar-refractivity contribution in [3.8, 4) is 28.3 Å². The summed E-state index contributed by atoms with van der Waals surface area (Å²) in [4.78, 5) is 8.98. The molecule has 0 saturated heterocycles. The molecular formula is C22H24N2O. The number of unbranched alkanes of at least 4 members (excludes halogenated alkanes) is 3. The normalized spacial score (nSPS) is 10.8. The second-order valence-electron chi connectivity index (χ2n) is 6.35. The molecule has 0 atom stereocenters. The molecule has 0 spiro atoms. The lowest BCUT2D eigenvalue weighted by Gasteiger charge is -2.05. The molecule has 25 heavy (non-hydrogen) atoms. The molecule has 2 aromatic carbocycles. The number of aryl methyl sites for hydroxylation is 1. The van der Waals surface area contributed by atoms with E-state index in [9.17, 15) is 5.11 Å². The molecule has 0 bridgehead atoms. The predicted octanol–water partition coefficient (Wildman–Crippen LogP) is 5.64. The van der Waals surface area contributed by atoms with Gasteiger partial charge in [-0.25, -0.2) is 9.97 Å². The van der Waals surface area contributed by atoms with Gasteiger partial charge in [-0.15, -0.1) is 0 Å². The van der Waals surface area contributed by atoms with Crippen LogP contribution in [0.1, 0.15) is 38.2 Å². The van der Waals surface area contributed by atoms with Crippen LogP contribution in [-0.2, 0) is 6.42 Å². The molecule has 3 heteroatoms. The lowest BCUT2D eigenvalue weighted by molar-refractivity contribution is 0.475. The van der Waals surface area contributed by atoms with Crippen LogP contribution in [0.15, 0.2) is 60.9 Å². The molecule has 0 aliphatic heterocycles. The van der Waals surface area contributed by atoms with E-state index in [1.165, 1.54) is 31.2 Å². The molecule has 3 rings (SSSR count). The van der Waals surface area contributed by atoms with Crippen LogP contribution in [0.3, 0.4) is 0 Å². The Morgan fingerprint density at radius 2 is 1.36 bits per heavy atom. The number of aromatic hydroxyl groups is 1. The zero-order valence-electron chi connectivity index (χ0n) is 14.7. The first kappa shape index (κ1) is 17.2. The van der Waals surface area contributed by atoms with Gasteiger partial charge in [-0.1, -0.05) is 62.6 Å². The van der Waals surface area contributed by atoms with Crippen LogP contribution in [-0.4, -0.2) is 15.1 Å². The molecule has 0 fully saturated rings. The summed E-state index contributed by atoms with van der Waals surface area (Å²) in [6.07, 6.45) is 9.95. The van der Waals surface area contributed by atoms with Crippen LogP contribution >= 0.6 is 0 Å². The van der Waals surface area contributed by atoms with E-state index in [0.29, 0.717) is 0 Å². The fourth-order valence-corrected chi connectivity index (χ4v) is 2.86. The van der Waals surface area contributed by atoms with E-state index in [1.54, 1.807) is 12.1 Å². The Bertz CT molecular complexity index is 778. The Kier molecular flexibility index (Phi) is 5.78. The molecular weight excluding hydrogens is 308 g/mol. The Morgan fingerprint density at radius 1 is 0.720 bits per heavy atom. The molecule has 3 aromatic rings. The molecule has 0 unspecified atom stereocenters. The van der Waals surface area contributed by atoms with Crippen molar-refractivity contribution in [2.75, 3.05) is 0 Å². The number of hydrogen-bond donors (Lipinski definition) is 1. The van der Waals surface area contributed by atoms with Crippen molar-refractivity contribution in [3.63, 3.8) is 0 Å². The molecule has 3 nitrogen and oxygen atoms in total. The van der Waals surface area contributed by atoms with Gasteiger partial charge < -0.3 is 5.11 Å². The van der Waals surface area contributed by atoms with Crippen molar-refractivity contribution in [1.82, 2.24) is 9.97 Å². The number of phenols is 1. The third-order valence-electron chi connectivity index (χ3n) is 4.38. The highest BCUT2D eigenvalue weighted by molar-refractivity contribution is 5.64. The summed E-state index contributed by atoms with van der Waals surface area (Å²) in [5.41, 5.74) is 4.35. The molecule has 1 N–H and O–H groups in total. The van der Waals surface area contributed by atoms with Crippen LogP contribution in [0, 0.1) is 0 Å². The largest absolute Gasteiger partial charge is 0.508 e. The smallest absolute Gasteiger partial charge is 0.159 e. The SMILES string of the molecule is CCCCCCc1ccc(-c2ncc(-c3ccc(O)cc3)cn2)cc1. The number of hydrogen-bond acceptors (Lipinski definition) is 3. The van der Waals surface area contributed by atoms with Gasteiger partial charge in [0.1, 0.15) is 5.75 Å². The van der Waals surface area contributed by atoms with E-state index in [2.05, 4.69) is 41.2 Å². The standard InChI is InChI=1S/C22H24N2O/c1-2-3-4-5-6-17-7-9-19(10-8-17)22-23-15-20(16-24-22)18-11-13-21(25)14-12-18/h7-16,25H,2-6H2,1H3. The molecule has 0 radical (unpaired) electrons. The van der Waals surface area contributed by atoms with Crippen molar-refractivity contribution in [2.45, 2.75) is 39.0 Å². The molecule has 1 aromatic heterocycles. The first-order valence-electron chi connectivity index (χ1n) is 8.97. The van der Waals surface area contributed by atoms with Crippen LogP contribution in [0.2, 0.25) is 0 Å². The van der Waals surface area contributed by atoms with Crippen molar-refractivity contribution >= 4 is 0 Å². The first-order chi connectivity index (χ1) is 12.3. The molecule has 0 aliphatic carbocycles. The highest BCUT2D eigenvalue weighted by Gasteiger charge is 2.04. The Hall–Kier alpha value is -2.68. The number of benzene rings is 2. The number of phenolic OH excluding ortho intramolecular Hbond substituents is 1. The van der Waals surface area contributed by atoms with Gasteiger partial charge in [0.2, 0.25) is 0 Å². The van der Waals surface area contributed by atoms with Crippen molar-refractivity contribution in [3.05, 3.63) is 66.5 Å². The quantitative estimate of drug-likeness (QED) is 0.570. The number of nitrogens with zero attached hydrogens (tertiary/aromatic N) is 2. The summed E-state index contributed by atoms with van der Waals surface area (Å²) < 4.78 is 0. The Balaban J connectivity index is 1.66. The maximum absolute atomic E-state index is 9.37. The van der Waals surface area contributed by atoms with Crippen LogP contribution in [0.5, 0.6) is 5.75 Å². The van der Waals surface area contributed by atoms with Crippen molar-refractivity contribution < 1.29 is 5.11 Å². The van der Waals surface area contributed by atoms with E-state index in [4.69, 9.17) is 0 Å². The highest BCUT2D eigenvalue weighted by Crippen LogP contribution is 2.22. The summed E-state index contributed by atoms with van der Waals surface area (Å²) in [5.74, 6) is 0.996. The maximum Gasteiger partial charge on any atom is 0.159 e. The minimum atomic E-state index is 0.260. The summed E-state index contributed by atoms with van der Waals surface area (Å²) in [6.45, 7) is 2.24. The van der Waals surface area contributed by atoms with E-state index in [0.717, 1.165) is 28.9 Å². The fourth-order valence-electron chi connectivity index (χ4n) is 2.86. The van der Waals surface area contributed by atoms with Gasteiger partial charge in [0.05, 0.1) is 0 Å². The lowest BCUT2D eigenvalue weighted by Crippen LogP contribution is -1.91. The van der Waals surface area contributed by atoms with Crippen molar-refractivity contribution in [1.29, 1.82) is 0 Å². The second-order valence-corrected chi connectivity index (χ2v) is 6.35. The van der Waals surface area contributed by atoms with Gasteiger partial charge in [0.15, 0.2) is 5.82 Å². The van der Waals surface area contributed by atoms with E-state index >= 15 is 0 Å². The minimum Gasteiger partial charge on any atom is -0.508 e. The minimum absolute atomic E-state index is 0.260. The molecule has 128 valence electrons. The lowest BCUT2D eigenvalue weighted by atomic mass is 10.0. The van der Waals surface area contributed by atoms with Gasteiger partial charge in [0, 0.05) is 23.5 Å². The number of aromatic nitrogens is 2. The zero-order valence-corrected chi connectivity index (χ0v) is 14.7. The van der Waals surface area contributed by atoms with E-state index < -0.39 is 0 Å². The third-order valence-corrected chi connectivity index (χ3v) is 4.38.